The lowest BCUT2D eigenvalue weighted by Gasteiger charge is -2.13. The van der Waals surface area contributed by atoms with Crippen molar-refractivity contribution in [2.75, 3.05) is 0 Å². The van der Waals surface area contributed by atoms with Gasteiger partial charge in [-0.05, 0) is 12.8 Å². The van der Waals surface area contributed by atoms with Gasteiger partial charge in [0, 0.05) is 11.5 Å². The smallest absolute Gasteiger partial charge is 0.165 e. The minimum Gasteiger partial charge on any atom is -0.294 e. The summed E-state index contributed by atoms with van der Waals surface area (Å²) in [5.74, 6) is 0.765. The fourth-order valence-corrected chi connectivity index (χ4v) is 1.28. The number of ketones is 1. The van der Waals surface area contributed by atoms with E-state index in [0.29, 0.717) is 5.92 Å². The van der Waals surface area contributed by atoms with Crippen LogP contribution in [0.1, 0.15) is 36.7 Å². The van der Waals surface area contributed by atoms with Crippen LogP contribution in [0, 0.1) is 18.8 Å². The van der Waals surface area contributed by atoms with Gasteiger partial charge in [-0.1, -0.05) is 50.6 Å². The Morgan fingerprint density at radius 1 is 1.07 bits per heavy atom. The number of benzene rings is 1. The van der Waals surface area contributed by atoms with Crippen molar-refractivity contribution in [2.24, 2.45) is 11.8 Å². The van der Waals surface area contributed by atoms with E-state index in [1.807, 2.05) is 38.1 Å². The van der Waals surface area contributed by atoms with Crippen LogP contribution < -0.4 is 0 Å². The Hall–Kier alpha value is -1.11. The summed E-state index contributed by atoms with van der Waals surface area (Å²) in [5.41, 5.74) is 2.02. The molecule has 14 heavy (non-hydrogen) atoms. The van der Waals surface area contributed by atoms with E-state index in [1.165, 1.54) is 5.56 Å². The molecule has 1 aromatic carbocycles. The van der Waals surface area contributed by atoms with Gasteiger partial charge in [0.2, 0.25) is 0 Å². The molecule has 0 aliphatic heterocycles. The highest BCUT2D eigenvalue weighted by Gasteiger charge is 2.17. The summed E-state index contributed by atoms with van der Waals surface area (Å²) in [5, 5.41) is 0. The van der Waals surface area contributed by atoms with Gasteiger partial charge in [0.1, 0.15) is 0 Å². The van der Waals surface area contributed by atoms with Crippen molar-refractivity contribution in [1.82, 2.24) is 0 Å². The van der Waals surface area contributed by atoms with E-state index in [4.69, 9.17) is 0 Å². The van der Waals surface area contributed by atoms with E-state index in [-0.39, 0.29) is 11.7 Å². The first-order chi connectivity index (χ1) is 6.52. The third kappa shape index (κ3) is 2.44. The number of Topliss-reactive ketones (excluding diaryl/α,β-unsaturated/α-hetero) is 1. The Kier molecular flexibility index (Phi) is 3.45. The molecule has 1 aromatic rings. The molecule has 0 aromatic heterocycles. The van der Waals surface area contributed by atoms with Gasteiger partial charge in [0.25, 0.3) is 0 Å². The maximum absolute atomic E-state index is 11.9. The van der Waals surface area contributed by atoms with Crippen molar-refractivity contribution in [3.05, 3.63) is 35.4 Å². The molecule has 0 aliphatic rings. The first-order valence-corrected chi connectivity index (χ1v) is 5.13. The predicted molar refractivity (Wildman–Crippen MR) is 59.5 cm³/mol. The standard InChI is InChI=1S/C13H18O/c1-9(2)11(4)13(14)12-7-5-10(3)6-8-12/h5-9,11H,1-4H3. The van der Waals surface area contributed by atoms with Crippen molar-refractivity contribution < 1.29 is 4.79 Å². The molecule has 0 saturated carbocycles. The fraction of sp³-hybridized carbons (Fsp3) is 0.462. The molecular weight excluding hydrogens is 172 g/mol. The largest absolute Gasteiger partial charge is 0.294 e. The van der Waals surface area contributed by atoms with Gasteiger partial charge in [-0.3, -0.25) is 4.79 Å². The Morgan fingerprint density at radius 3 is 2.00 bits per heavy atom. The molecular formula is C13H18O. The molecule has 1 rings (SSSR count). The Labute approximate surface area is 86.1 Å². The van der Waals surface area contributed by atoms with Crippen LogP contribution in [-0.2, 0) is 0 Å². The zero-order chi connectivity index (χ0) is 10.7. The SMILES string of the molecule is Cc1ccc(C(=O)C(C)C(C)C)cc1. The minimum atomic E-state index is 0.109. The second-order valence-electron chi connectivity index (χ2n) is 4.26. The molecule has 1 unspecified atom stereocenters. The van der Waals surface area contributed by atoms with Gasteiger partial charge >= 0.3 is 0 Å². The fourth-order valence-electron chi connectivity index (χ4n) is 1.28. The second kappa shape index (κ2) is 4.41. The lowest BCUT2D eigenvalue weighted by Crippen LogP contribution is -2.16. The molecule has 0 fully saturated rings. The zero-order valence-corrected chi connectivity index (χ0v) is 9.37. The summed E-state index contributed by atoms with van der Waals surface area (Å²) in [6, 6.07) is 7.80. The molecule has 0 aliphatic carbocycles. The van der Waals surface area contributed by atoms with Gasteiger partial charge in [-0.2, -0.15) is 0 Å². The Morgan fingerprint density at radius 2 is 1.57 bits per heavy atom. The number of hydrogen-bond acceptors (Lipinski definition) is 1. The van der Waals surface area contributed by atoms with Crippen molar-refractivity contribution in [3.63, 3.8) is 0 Å². The number of carbonyl (C=O) groups is 1. The lowest BCUT2D eigenvalue weighted by molar-refractivity contribution is 0.0900. The summed E-state index contributed by atoms with van der Waals surface area (Å²) in [6.45, 7) is 8.18. The van der Waals surface area contributed by atoms with E-state index >= 15 is 0 Å². The van der Waals surface area contributed by atoms with E-state index in [0.717, 1.165) is 5.56 Å². The molecule has 0 N–H and O–H groups in total. The second-order valence-corrected chi connectivity index (χ2v) is 4.26. The van der Waals surface area contributed by atoms with Crippen LogP contribution >= 0.6 is 0 Å². The molecule has 1 heteroatoms. The molecule has 1 atom stereocenters. The normalized spacial score (nSPS) is 12.9. The van der Waals surface area contributed by atoms with Crippen LogP contribution in [-0.4, -0.2) is 5.78 Å². The van der Waals surface area contributed by atoms with Crippen LogP contribution in [0.2, 0.25) is 0 Å². The third-order valence-electron chi connectivity index (χ3n) is 2.75. The van der Waals surface area contributed by atoms with Gasteiger partial charge in [-0.25, -0.2) is 0 Å². The van der Waals surface area contributed by atoms with Crippen molar-refractivity contribution in [2.45, 2.75) is 27.7 Å². The summed E-state index contributed by atoms with van der Waals surface area (Å²) >= 11 is 0. The predicted octanol–water partition coefficient (Wildman–Crippen LogP) is 3.47. The quantitative estimate of drug-likeness (QED) is 0.667. The Bertz CT molecular complexity index is 309. The van der Waals surface area contributed by atoms with Crippen molar-refractivity contribution in [3.8, 4) is 0 Å². The average molecular weight is 190 g/mol. The van der Waals surface area contributed by atoms with Gasteiger partial charge < -0.3 is 0 Å². The highest BCUT2D eigenvalue weighted by atomic mass is 16.1. The van der Waals surface area contributed by atoms with Gasteiger partial charge in [0.15, 0.2) is 5.78 Å². The van der Waals surface area contributed by atoms with Gasteiger partial charge in [-0.15, -0.1) is 0 Å². The molecule has 0 bridgehead atoms. The highest BCUT2D eigenvalue weighted by molar-refractivity contribution is 5.97. The monoisotopic (exact) mass is 190 g/mol. The van der Waals surface area contributed by atoms with E-state index in [1.54, 1.807) is 0 Å². The van der Waals surface area contributed by atoms with Crippen LogP contribution in [0.5, 0.6) is 0 Å². The summed E-state index contributed by atoms with van der Waals surface area (Å²) < 4.78 is 0. The molecule has 0 heterocycles. The molecule has 1 nitrogen and oxygen atoms in total. The van der Waals surface area contributed by atoms with Crippen LogP contribution in [0.25, 0.3) is 0 Å². The third-order valence-corrected chi connectivity index (χ3v) is 2.75. The van der Waals surface area contributed by atoms with Crippen LogP contribution in [0.4, 0.5) is 0 Å². The Balaban J connectivity index is 2.84. The number of aryl methyl sites for hydroxylation is 1. The van der Waals surface area contributed by atoms with E-state index in [9.17, 15) is 4.79 Å². The highest BCUT2D eigenvalue weighted by Crippen LogP contribution is 2.16. The van der Waals surface area contributed by atoms with E-state index in [2.05, 4.69) is 13.8 Å². The summed E-state index contributed by atoms with van der Waals surface area (Å²) in [6.07, 6.45) is 0. The number of rotatable bonds is 3. The van der Waals surface area contributed by atoms with Crippen molar-refractivity contribution in [1.29, 1.82) is 0 Å². The first kappa shape index (κ1) is 11.0. The minimum absolute atomic E-state index is 0.109. The summed E-state index contributed by atoms with van der Waals surface area (Å²) in [4.78, 5) is 11.9. The molecule has 0 radical (unpaired) electrons. The topological polar surface area (TPSA) is 17.1 Å². The van der Waals surface area contributed by atoms with Crippen LogP contribution in [0.3, 0.4) is 0 Å². The maximum Gasteiger partial charge on any atom is 0.165 e. The molecule has 0 amide bonds. The van der Waals surface area contributed by atoms with Crippen LogP contribution in [0.15, 0.2) is 24.3 Å². The molecule has 0 spiro atoms. The van der Waals surface area contributed by atoms with E-state index < -0.39 is 0 Å². The average Bonchev–Trinajstić information content (AvgIpc) is 2.16. The molecule has 76 valence electrons. The van der Waals surface area contributed by atoms with Gasteiger partial charge in [0.05, 0.1) is 0 Å². The summed E-state index contributed by atoms with van der Waals surface area (Å²) in [7, 11) is 0. The lowest BCUT2D eigenvalue weighted by atomic mass is 9.89. The first-order valence-electron chi connectivity index (χ1n) is 5.13. The van der Waals surface area contributed by atoms with Crippen molar-refractivity contribution >= 4 is 5.78 Å². The maximum atomic E-state index is 11.9. The number of hydrogen-bond donors (Lipinski definition) is 0. The zero-order valence-electron chi connectivity index (χ0n) is 9.37. The molecule has 0 saturated heterocycles. The number of carbonyl (C=O) groups excluding carboxylic acids is 1.